The number of nitrogens with zero attached hydrogens (tertiary/aromatic N) is 1. The number of nitro groups is 1. The van der Waals surface area contributed by atoms with Gasteiger partial charge in [0.1, 0.15) is 5.69 Å². The van der Waals surface area contributed by atoms with E-state index in [0.717, 1.165) is 18.7 Å². The lowest BCUT2D eigenvalue weighted by Crippen LogP contribution is -2.39. The summed E-state index contributed by atoms with van der Waals surface area (Å²) >= 11 is 0. The summed E-state index contributed by atoms with van der Waals surface area (Å²) < 4.78 is 37.9. The predicted octanol–water partition coefficient (Wildman–Crippen LogP) is 2.95. The molecule has 0 aliphatic rings. The molecule has 0 heterocycles. The zero-order valence-corrected chi connectivity index (χ0v) is 15.2. The smallest absolute Gasteiger partial charge is 0.379 e. The first-order valence-electron chi connectivity index (χ1n) is 7.74. The van der Waals surface area contributed by atoms with Crippen molar-refractivity contribution in [1.29, 1.82) is 0 Å². The SMILES string of the molecule is CCN[C@H](C)CNC(=O)CCNc1ccc(C(F)(F)F)cc1[N+](=O)[O-].Cl. The zero-order valence-electron chi connectivity index (χ0n) is 14.4. The van der Waals surface area contributed by atoms with Crippen molar-refractivity contribution in [2.75, 3.05) is 25.0 Å². The second kappa shape index (κ2) is 10.8. The van der Waals surface area contributed by atoms with Gasteiger partial charge in [-0.25, -0.2) is 0 Å². The number of carbonyl (C=O) groups is 1. The van der Waals surface area contributed by atoms with Crippen molar-refractivity contribution in [2.45, 2.75) is 32.5 Å². The van der Waals surface area contributed by atoms with E-state index in [4.69, 9.17) is 0 Å². The van der Waals surface area contributed by atoms with Gasteiger partial charge in [0.2, 0.25) is 5.91 Å². The van der Waals surface area contributed by atoms with Crippen molar-refractivity contribution in [1.82, 2.24) is 10.6 Å². The van der Waals surface area contributed by atoms with Gasteiger partial charge < -0.3 is 16.0 Å². The second-order valence-corrected chi connectivity index (χ2v) is 5.43. The number of hydrogen-bond acceptors (Lipinski definition) is 5. The fourth-order valence-electron chi connectivity index (χ4n) is 2.10. The van der Waals surface area contributed by atoms with Crippen LogP contribution in [0.1, 0.15) is 25.8 Å². The predicted molar refractivity (Wildman–Crippen MR) is 94.6 cm³/mol. The summed E-state index contributed by atoms with van der Waals surface area (Å²) in [5.41, 5.74) is -1.84. The fourth-order valence-corrected chi connectivity index (χ4v) is 2.10. The molecule has 1 rings (SSSR count). The Morgan fingerprint density at radius 2 is 2.00 bits per heavy atom. The minimum Gasteiger partial charge on any atom is -0.379 e. The molecular weight excluding hydrogens is 377 g/mol. The van der Waals surface area contributed by atoms with Crippen LogP contribution in [-0.4, -0.2) is 36.5 Å². The lowest BCUT2D eigenvalue weighted by Gasteiger charge is -2.13. The molecule has 0 radical (unpaired) electrons. The van der Waals surface area contributed by atoms with Crippen LogP contribution in [0.15, 0.2) is 18.2 Å². The number of nitrogens with one attached hydrogen (secondary N) is 3. The number of benzene rings is 1. The van der Waals surface area contributed by atoms with Crippen molar-refractivity contribution in [3.63, 3.8) is 0 Å². The van der Waals surface area contributed by atoms with Crippen LogP contribution in [0.25, 0.3) is 0 Å². The average Bonchev–Trinajstić information content (AvgIpc) is 2.52. The third kappa shape index (κ3) is 7.87. The van der Waals surface area contributed by atoms with Gasteiger partial charge in [0.05, 0.1) is 10.5 Å². The number of rotatable bonds is 9. The molecule has 0 aromatic heterocycles. The van der Waals surface area contributed by atoms with Gasteiger partial charge in [-0.05, 0) is 25.6 Å². The minimum absolute atomic E-state index is 0. The van der Waals surface area contributed by atoms with E-state index in [1.54, 1.807) is 0 Å². The van der Waals surface area contributed by atoms with Gasteiger partial charge in [-0.1, -0.05) is 6.92 Å². The summed E-state index contributed by atoms with van der Waals surface area (Å²) in [5, 5.41) is 19.4. The number of hydrogen-bond donors (Lipinski definition) is 3. The maximum absolute atomic E-state index is 12.6. The van der Waals surface area contributed by atoms with E-state index in [9.17, 15) is 28.1 Å². The molecule has 7 nitrogen and oxygen atoms in total. The highest BCUT2D eigenvalue weighted by Gasteiger charge is 2.33. The van der Waals surface area contributed by atoms with Gasteiger partial charge in [0, 0.05) is 31.6 Å². The normalized spacial score (nSPS) is 12.0. The Bertz CT molecular complexity index is 614. The maximum atomic E-state index is 12.6. The van der Waals surface area contributed by atoms with Crippen molar-refractivity contribution >= 4 is 29.7 Å². The third-order valence-electron chi connectivity index (χ3n) is 3.35. The molecule has 0 aliphatic heterocycles. The van der Waals surface area contributed by atoms with Crippen molar-refractivity contribution in [2.24, 2.45) is 0 Å². The number of carbonyl (C=O) groups excluding carboxylic acids is 1. The lowest BCUT2D eigenvalue weighted by molar-refractivity contribution is -0.384. The third-order valence-corrected chi connectivity index (χ3v) is 3.35. The number of likely N-dealkylation sites (N-methyl/N-ethyl adjacent to an activating group) is 1. The summed E-state index contributed by atoms with van der Waals surface area (Å²) in [5.74, 6) is -0.258. The first kappa shape index (κ1) is 23.9. The largest absolute Gasteiger partial charge is 0.416 e. The highest BCUT2D eigenvalue weighted by molar-refractivity contribution is 5.85. The second-order valence-electron chi connectivity index (χ2n) is 5.43. The molecule has 11 heteroatoms. The molecule has 1 amide bonds. The van der Waals surface area contributed by atoms with Crippen LogP contribution >= 0.6 is 12.4 Å². The summed E-state index contributed by atoms with van der Waals surface area (Å²) in [6, 6.07) is 2.33. The average molecular weight is 399 g/mol. The van der Waals surface area contributed by atoms with Crippen molar-refractivity contribution in [3.05, 3.63) is 33.9 Å². The molecule has 0 unspecified atom stereocenters. The van der Waals surface area contributed by atoms with Gasteiger partial charge in [-0.15, -0.1) is 12.4 Å². The van der Waals surface area contributed by atoms with Crippen LogP contribution in [0, 0.1) is 10.1 Å². The van der Waals surface area contributed by atoms with Crippen LogP contribution in [0.3, 0.4) is 0 Å². The Morgan fingerprint density at radius 3 is 2.54 bits per heavy atom. The van der Waals surface area contributed by atoms with Gasteiger partial charge >= 0.3 is 6.18 Å². The zero-order chi connectivity index (χ0) is 19.0. The molecule has 3 N–H and O–H groups in total. The monoisotopic (exact) mass is 398 g/mol. The van der Waals surface area contributed by atoms with Crippen LogP contribution in [0.4, 0.5) is 24.5 Å². The summed E-state index contributed by atoms with van der Waals surface area (Å²) in [6.07, 6.45) is -4.62. The molecule has 1 atom stereocenters. The summed E-state index contributed by atoms with van der Waals surface area (Å²) in [4.78, 5) is 21.7. The highest BCUT2D eigenvalue weighted by Crippen LogP contribution is 2.34. The Labute approximate surface area is 155 Å². The van der Waals surface area contributed by atoms with E-state index >= 15 is 0 Å². The Kier molecular flexibility index (Phi) is 9.96. The number of halogens is 4. The van der Waals surface area contributed by atoms with Crippen LogP contribution in [0.2, 0.25) is 0 Å². The standard InChI is InChI=1S/C15H21F3N4O3.ClH/c1-3-19-10(2)9-21-14(23)6-7-20-12-5-4-11(15(16,17)18)8-13(12)22(24)25;/h4-5,8,10,19-20H,3,6-7,9H2,1-2H3,(H,21,23);1H/t10-;/m1./s1. The van der Waals surface area contributed by atoms with E-state index in [-0.39, 0.29) is 43.0 Å². The molecule has 148 valence electrons. The molecular formula is C15H22ClF3N4O3. The molecule has 0 saturated carbocycles. The Hall–Kier alpha value is -2.07. The molecule has 1 aromatic carbocycles. The van der Waals surface area contributed by atoms with Crippen LogP contribution in [0.5, 0.6) is 0 Å². The van der Waals surface area contributed by atoms with Gasteiger partial charge in [0.25, 0.3) is 5.69 Å². The number of anilines is 1. The molecule has 0 bridgehead atoms. The Morgan fingerprint density at radius 1 is 1.35 bits per heavy atom. The van der Waals surface area contributed by atoms with E-state index in [0.29, 0.717) is 12.6 Å². The number of amides is 1. The molecule has 0 aliphatic carbocycles. The van der Waals surface area contributed by atoms with Gasteiger partial charge in [-0.3, -0.25) is 14.9 Å². The molecule has 1 aromatic rings. The highest BCUT2D eigenvalue weighted by atomic mass is 35.5. The minimum atomic E-state index is -4.66. The van der Waals surface area contributed by atoms with Crippen molar-refractivity contribution < 1.29 is 22.9 Å². The van der Waals surface area contributed by atoms with Crippen LogP contribution < -0.4 is 16.0 Å². The quantitative estimate of drug-likeness (QED) is 0.439. The molecule has 0 saturated heterocycles. The van der Waals surface area contributed by atoms with E-state index in [1.165, 1.54) is 0 Å². The van der Waals surface area contributed by atoms with E-state index in [1.807, 2.05) is 13.8 Å². The Balaban J connectivity index is 0.00000625. The molecule has 0 spiro atoms. The van der Waals surface area contributed by atoms with Crippen molar-refractivity contribution in [3.8, 4) is 0 Å². The van der Waals surface area contributed by atoms with Crippen LogP contribution in [-0.2, 0) is 11.0 Å². The fraction of sp³-hybridized carbons (Fsp3) is 0.533. The van der Waals surface area contributed by atoms with Gasteiger partial charge in [0.15, 0.2) is 0 Å². The first-order chi connectivity index (χ1) is 11.6. The molecule has 0 fully saturated rings. The number of alkyl halides is 3. The van der Waals surface area contributed by atoms with E-state index < -0.39 is 22.4 Å². The topological polar surface area (TPSA) is 96.3 Å². The lowest BCUT2D eigenvalue weighted by atomic mass is 10.1. The number of nitro benzene ring substituents is 1. The maximum Gasteiger partial charge on any atom is 0.416 e. The summed E-state index contributed by atoms with van der Waals surface area (Å²) in [6.45, 7) is 5.13. The van der Waals surface area contributed by atoms with Gasteiger partial charge in [-0.2, -0.15) is 13.2 Å². The molecule has 26 heavy (non-hydrogen) atoms. The first-order valence-corrected chi connectivity index (χ1v) is 7.74. The van der Waals surface area contributed by atoms with E-state index in [2.05, 4.69) is 16.0 Å². The summed E-state index contributed by atoms with van der Waals surface area (Å²) in [7, 11) is 0.